The molecule has 6 heteroatoms. The van der Waals surface area contributed by atoms with E-state index in [0.29, 0.717) is 16.5 Å². The quantitative estimate of drug-likeness (QED) is 0.371. The fraction of sp³-hybridized carbons (Fsp3) is 0.300. The van der Waals surface area contributed by atoms with Crippen LogP contribution in [0.2, 0.25) is 0 Å². The highest BCUT2D eigenvalue weighted by molar-refractivity contribution is 9.08. The lowest BCUT2D eigenvalue weighted by molar-refractivity contribution is -0.385. The maximum atomic E-state index is 11.4. The van der Waals surface area contributed by atoms with Crippen LogP contribution < -0.4 is 0 Å². The van der Waals surface area contributed by atoms with Gasteiger partial charge in [-0.1, -0.05) is 15.9 Å². The zero-order chi connectivity index (χ0) is 12.3. The molecule has 0 saturated heterocycles. The lowest BCUT2D eigenvalue weighted by Gasteiger charge is -2.07. The number of hydrogen-bond acceptors (Lipinski definition) is 4. The molecule has 0 bridgehead atoms. The number of aryl methyl sites for hydroxylation is 1. The molecule has 0 heterocycles. The van der Waals surface area contributed by atoms with Gasteiger partial charge < -0.3 is 4.74 Å². The minimum atomic E-state index is -0.572. The molecule has 0 aliphatic carbocycles. The molecule has 0 N–H and O–H groups in total. The molecule has 1 aromatic rings. The van der Waals surface area contributed by atoms with Gasteiger partial charge in [0.1, 0.15) is 0 Å². The van der Waals surface area contributed by atoms with E-state index in [2.05, 4.69) is 20.7 Å². The molecule has 0 fully saturated rings. The summed E-state index contributed by atoms with van der Waals surface area (Å²) in [5.41, 5.74) is 1.34. The molecule has 0 unspecified atom stereocenters. The summed E-state index contributed by atoms with van der Waals surface area (Å²) in [6.07, 6.45) is 0. The average molecular weight is 288 g/mol. The minimum absolute atomic E-state index is 0.0786. The number of halogens is 1. The minimum Gasteiger partial charge on any atom is -0.465 e. The van der Waals surface area contributed by atoms with Gasteiger partial charge >= 0.3 is 5.97 Å². The number of carbonyl (C=O) groups is 1. The van der Waals surface area contributed by atoms with Crippen LogP contribution in [0, 0.1) is 17.0 Å². The van der Waals surface area contributed by atoms with E-state index in [-0.39, 0.29) is 11.3 Å². The first-order chi connectivity index (χ1) is 7.51. The van der Waals surface area contributed by atoms with Crippen molar-refractivity contribution in [2.75, 3.05) is 7.11 Å². The fourth-order valence-corrected chi connectivity index (χ4v) is 1.83. The first-order valence-corrected chi connectivity index (χ1v) is 5.55. The van der Waals surface area contributed by atoms with Gasteiger partial charge in [0.2, 0.25) is 0 Å². The molecular weight excluding hydrogens is 278 g/mol. The number of carbonyl (C=O) groups excluding carboxylic acids is 1. The zero-order valence-electron chi connectivity index (χ0n) is 8.82. The van der Waals surface area contributed by atoms with Crippen LogP contribution in [-0.2, 0) is 10.1 Å². The highest BCUT2D eigenvalue weighted by atomic mass is 79.9. The monoisotopic (exact) mass is 287 g/mol. The van der Waals surface area contributed by atoms with E-state index in [1.165, 1.54) is 13.2 Å². The van der Waals surface area contributed by atoms with E-state index < -0.39 is 10.9 Å². The Labute approximate surface area is 101 Å². The topological polar surface area (TPSA) is 69.4 Å². The highest BCUT2D eigenvalue weighted by Crippen LogP contribution is 2.25. The summed E-state index contributed by atoms with van der Waals surface area (Å²) < 4.78 is 4.57. The van der Waals surface area contributed by atoms with Crippen LogP contribution in [0.4, 0.5) is 5.69 Å². The average Bonchev–Trinajstić information content (AvgIpc) is 2.27. The molecule has 1 rings (SSSR count). The number of methoxy groups -OCH3 is 1. The number of nitrogens with zero attached hydrogens (tertiary/aromatic N) is 1. The van der Waals surface area contributed by atoms with Crippen molar-refractivity contribution in [3.63, 3.8) is 0 Å². The largest absolute Gasteiger partial charge is 0.465 e. The van der Waals surface area contributed by atoms with Crippen molar-refractivity contribution in [2.45, 2.75) is 12.3 Å². The number of benzene rings is 1. The van der Waals surface area contributed by atoms with E-state index in [9.17, 15) is 14.9 Å². The Balaban J connectivity index is 3.40. The smallest absolute Gasteiger partial charge is 0.338 e. The number of nitro benzene ring substituents is 1. The molecule has 0 atom stereocenters. The summed E-state index contributed by atoms with van der Waals surface area (Å²) in [6, 6.07) is 2.86. The molecule has 16 heavy (non-hydrogen) atoms. The summed E-state index contributed by atoms with van der Waals surface area (Å²) in [5, 5.41) is 11.2. The highest BCUT2D eigenvalue weighted by Gasteiger charge is 2.19. The Morgan fingerprint density at radius 3 is 2.62 bits per heavy atom. The Bertz CT molecular complexity index is 445. The molecule has 5 nitrogen and oxygen atoms in total. The molecule has 0 saturated carbocycles. The first kappa shape index (κ1) is 12.6. The van der Waals surface area contributed by atoms with Crippen LogP contribution in [0.3, 0.4) is 0 Å². The van der Waals surface area contributed by atoms with Crippen molar-refractivity contribution >= 4 is 27.6 Å². The van der Waals surface area contributed by atoms with Crippen LogP contribution >= 0.6 is 15.9 Å². The number of rotatable bonds is 3. The number of esters is 1. The number of ether oxygens (including phenoxy) is 1. The Morgan fingerprint density at radius 2 is 2.19 bits per heavy atom. The molecule has 0 spiro atoms. The second kappa shape index (κ2) is 5.07. The number of alkyl halides is 1. The van der Waals surface area contributed by atoms with E-state index in [1.54, 1.807) is 13.0 Å². The third kappa shape index (κ3) is 2.38. The summed E-state index contributed by atoms with van der Waals surface area (Å²) >= 11 is 3.22. The van der Waals surface area contributed by atoms with Gasteiger partial charge in [0.15, 0.2) is 0 Å². The van der Waals surface area contributed by atoms with E-state index in [1.807, 2.05) is 0 Å². The van der Waals surface area contributed by atoms with Gasteiger partial charge in [-0.05, 0) is 18.6 Å². The summed E-state index contributed by atoms with van der Waals surface area (Å²) in [5.74, 6) is -0.572. The molecular formula is C10H10BrNO4. The predicted octanol–water partition coefficient (Wildman–Crippen LogP) is 2.58. The van der Waals surface area contributed by atoms with E-state index in [4.69, 9.17) is 0 Å². The maximum Gasteiger partial charge on any atom is 0.338 e. The van der Waals surface area contributed by atoms with Crippen molar-refractivity contribution in [1.29, 1.82) is 0 Å². The van der Waals surface area contributed by atoms with E-state index in [0.717, 1.165) is 0 Å². The lowest BCUT2D eigenvalue weighted by atomic mass is 10.0. The molecule has 86 valence electrons. The van der Waals surface area contributed by atoms with Crippen molar-refractivity contribution < 1.29 is 14.5 Å². The Morgan fingerprint density at radius 1 is 1.56 bits per heavy atom. The SMILES string of the molecule is COC(=O)c1cc([N+](=O)[O-])c(C)cc1CBr. The van der Waals surface area contributed by atoms with Crippen LogP contribution in [-0.4, -0.2) is 18.0 Å². The first-order valence-electron chi connectivity index (χ1n) is 4.43. The van der Waals surface area contributed by atoms with Crippen LogP contribution in [0.1, 0.15) is 21.5 Å². The van der Waals surface area contributed by atoms with Crippen LogP contribution in [0.15, 0.2) is 12.1 Å². The Kier molecular flexibility index (Phi) is 4.00. The Hall–Kier alpha value is -1.43. The van der Waals surface area contributed by atoms with Gasteiger partial charge in [-0.25, -0.2) is 4.79 Å². The van der Waals surface area contributed by atoms with Gasteiger partial charge in [0.25, 0.3) is 5.69 Å². The van der Waals surface area contributed by atoms with E-state index >= 15 is 0 Å². The van der Waals surface area contributed by atoms with Crippen molar-refractivity contribution in [3.8, 4) is 0 Å². The second-order valence-corrected chi connectivity index (χ2v) is 3.74. The molecule has 0 aliphatic heterocycles. The third-order valence-corrected chi connectivity index (χ3v) is 2.77. The predicted molar refractivity (Wildman–Crippen MR) is 61.8 cm³/mol. The van der Waals surface area contributed by atoms with Crippen molar-refractivity contribution in [3.05, 3.63) is 38.9 Å². The van der Waals surface area contributed by atoms with Gasteiger partial charge in [0.05, 0.1) is 17.6 Å². The van der Waals surface area contributed by atoms with Crippen LogP contribution in [0.5, 0.6) is 0 Å². The number of hydrogen-bond donors (Lipinski definition) is 0. The molecule has 1 aromatic carbocycles. The van der Waals surface area contributed by atoms with Gasteiger partial charge in [0, 0.05) is 17.0 Å². The number of nitro groups is 1. The summed E-state index contributed by atoms with van der Waals surface area (Å²) in [6.45, 7) is 1.63. The zero-order valence-corrected chi connectivity index (χ0v) is 10.4. The van der Waals surface area contributed by atoms with Crippen molar-refractivity contribution in [1.82, 2.24) is 0 Å². The molecule has 0 aromatic heterocycles. The second-order valence-electron chi connectivity index (χ2n) is 3.18. The standard InChI is InChI=1S/C10H10BrNO4/c1-6-3-7(5-11)8(10(13)16-2)4-9(6)12(14)15/h3-4H,5H2,1-2H3. The normalized spacial score (nSPS) is 9.94. The maximum absolute atomic E-state index is 11.4. The van der Waals surface area contributed by atoms with Crippen LogP contribution in [0.25, 0.3) is 0 Å². The summed E-state index contributed by atoms with van der Waals surface area (Å²) in [4.78, 5) is 21.6. The lowest BCUT2D eigenvalue weighted by Crippen LogP contribution is -2.07. The van der Waals surface area contributed by atoms with Gasteiger partial charge in [-0.15, -0.1) is 0 Å². The fourth-order valence-electron chi connectivity index (χ4n) is 1.36. The van der Waals surface area contributed by atoms with Crippen molar-refractivity contribution in [2.24, 2.45) is 0 Å². The van der Waals surface area contributed by atoms with Gasteiger partial charge in [-0.2, -0.15) is 0 Å². The summed E-state index contributed by atoms with van der Waals surface area (Å²) in [7, 11) is 1.24. The van der Waals surface area contributed by atoms with Gasteiger partial charge in [-0.3, -0.25) is 10.1 Å². The third-order valence-electron chi connectivity index (χ3n) is 2.17. The molecule has 0 amide bonds. The molecule has 0 radical (unpaired) electrons. The molecule has 0 aliphatic rings.